The second-order valence-electron chi connectivity index (χ2n) is 7.39. The Hall–Kier alpha value is -3.92. The van der Waals surface area contributed by atoms with Crippen molar-refractivity contribution >= 4 is 52.2 Å². The van der Waals surface area contributed by atoms with Crippen LogP contribution in [-0.4, -0.2) is 36.3 Å². The number of nitrogens with two attached hydrogens (primary N) is 2. The molecule has 1 saturated heterocycles. The van der Waals surface area contributed by atoms with Crippen molar-refractivity contribution in [2.24, 2.45) is 5.73 Å². The van der Waals surface area contributed by atoms with Crippen LogP contribution in [0.3, 0.4) is 0 Å². The van der Waals surface area contributed by atoms with Crippen LogP contribution in [0.5, 0.6) is 11.5 Å². The van der Waals surface area contributed by atoms with E-state index in [0.717, 1.165) is 24.5 Å². The summed E-state index contributed by atoms with van der Waals surface area (Å²) in [6.07, 6.45) is 2.90. The maximum atomic E-state index is 11.1. The van der Waals surface area contributed by atoms with E-state index >= 15 is 0 Å². The fourth-order valence-electron chi connectivity index (χ4n) is 3.61. The highest BCUT2D eigenvalue weighted by Gasteiger charge is 2.16. The van der Waals surface area contributed by atoms with Gasteiger partial charge in [0.05, 0.1) is 30.4 Å². The lowest BCUT2D eigenvalue weighted by atomic mass is 10.2. The van der Waals surface area contributed by atoms with E-state index in [1.165, 1.54) is 26.1 Å². The molecule has 3 aromatic rings. The molecule has 2 heterocycles. The summed E-state index contributed by atoms with van der Waals surface area (Å²) >= 11 is 6.30. The van der Waals surface area contributed by atoms with E-state index in [-0.39, 0.29) is 10.8 Å². The number of nitrogens with one attached hydrogen (secondary N) is 2. The van der Waals surface area contributed by atoms with Gasteiger partial charge in [-0.05, 0) is 43.2 Å². The number of benzene rings is 2. The lowest BCUT2D eigenvalue weighted by Gasteiger charge is -2.20. The zero-order valence-electron chi connectivity index (χ0n) is 18.0. The molecule has 1 amide bonds. The minimum absolute atomic E-state index is 0.239. The van der Waals surface area contributed by atoms with Crippen molar-refractivity contribution in [1.82, 2.24) is 9.97 Å². The second-order valence-corrected chi connectivity index (χ2v) is 7.80. The Morgan fingerprint density at radius 2 is 1.94 bits per heavy atom. The standard InChI is InChI=1S/C22H24ClN7O3/c1-32-19-7-5-14(33-21(25)31)11-17(19)28-20-15(23)12-26-22(29-20)27-13-4-6-18(16(24)10-13)30-8-2-3-9-30/h4-7,10-12H,2-3,8-9,24H2,1H3,(H2,25,31)(H2,26,27,28,29). The van der Waals surface area contributed by atoms with Crippen LogP contribution >= 0.6 is 11.6 Å². The number of nitrogen functional groups attached to an aromatic ring is 1. The summed E-state index contributed by atoms with van der Waals surface area (Å²) in [7, 11) is 1.51. The number of methoxy groups -OCH3 is 1. The van der Waals surface area contributed by atoms with E-state index in [2.05, 4.69) is 25.5 Å². The highest BCUT2D eigenvalue weighted by molar-refractivity contribution is 6.33. The van der Waals surface area contributed by atoms with E-state index < -0.39 is 6.09 Å². The number of anilines is 6. The average molecular weight is 470 g/mol. The van der Waals surface area contributed by atoms with Gasteiger partial charge in [-0.2, -0.15) is 4.98 Å². The zero-order chi connectivity index (χ0) is 23.4. The topological polar surface area (TPSA) is 141 Å². The Balaban J connectivity index is 1.55. The number of hydrogen-bond acceptors (Lipinski definition) is 9. The quantitative estimate of drug-likeness (QED) is 0.373. The van der Waals surface area contributed by atoms with Gasteiger partial charge < -0.3 is 36.5 Å². The van der Waals surface area contributed by atoms with Gasteiger partial charge in [-0.3, -0.25) is 0 Å². The van der Waals surface area contributed by atoms with Crippen molar-refractivity contribution in [1.29, 1.82) is 0 Å². The Morgan fingerprint density at radius 3 is 2.64 bits per heavy atom. The van der Waals surface area contributed by atoms with Crippen molar-refractivity contribution < 1.29 is 14.3 Å². The van der Waals surface area contributed by atoms with Crippen LogP contribution in [0.4, 0.5) is 39.3 Å². The van der Waals surface area contributed by atoms with Gasteiger partial charge in [-0.25, -0.2) is 9.78 Å². The summed E-state index contributed by atoms with van der Waals surface area (Å²) in [6, 6.07) is 10.5. The van der Waals surface area contributed by atoms with Gasteiger partial charge in [-0.15, -0.1) is 0 Å². The summed E-state index contributed by atoms with van der Waals surface area (Å²) in [5.41, 5.74) is 14.3. The highest BCUT2D eigenvalue weighted by atomic mass is 35.5. The fraction of sp³-hybridized carbons (Fsp3) is 0.227. The van der Waals surface area contributed by atoms with Gasteiger partial charge in [0.15, 0.2) is 5.82 Å². The third kappa shape index (κ3) is 5.29. The minimum Gasteiger partial charge on any atom is -0.495 e. The van der Waals surface area contributed by atoms with Crippen LogP contribution < -0.4 is 36.5 Å². The molecule has 4 rings (SSSR count). The zero-order valence-corrected chi connectivity index (χ0v) is 18.7. The van der Waals surface area contributed by atoms with Crippen LogP contribution in [-0.2, 0) is 0 Å². The largest absolute Gasteiger partial charge is 0.495 e. The van der Waals surface area contributed by atoms with Gasteiger partial charge >= 0.3 is 6.09 Å². The third-order valence-corrected chi connectivity index (χ3v) is 5.39. The van der Waals surface area contributed by atoms with Crippen molar-refractivity contribution in [3.05, 3.63) is 47.6 Å². The molecule has 1 aliphatic heterocycles. The second kappa shape index (κ2) is 9.70. The number of hydrogen-bond donors (Lipinski definition) is 4. The molecular formula is C22H24ClN7O3. The van der Waals surface area contributed by atoms with Crippen molar-refractivity contribution in [3.63, 3.8) is 0 Å². The van der Waals surface area contributed by atoms with E-state index in [0.29, 0.717) is 28.9 Å². The summed E-state index contributed by atoms with van der Waals surface area (Å²) in [4.78, 5) is 22.0. The molecule has 0 atom stereocenters. The highest BCUT2D eigenvalue weighted by Crippen LogP contribution is 2.34. The lowest BCUT2D eigenvalue weighted by Crippen LogP contribution is -2.19. The van der Waals surface area contributed by atoms with E-state index in [9.17, 15) is 4.79 Å². The Bertz CT molecular complexity index is 1170. The number of aromatic nitrogens is 2. The van der Waals surface area contributed by atoms with Crippen LogP contribution in [0, 0.1) is 0 Å². The Morgan fingerprint density at radius 1 is 1.15 bits per heavy atom. The molecule has 1 aliphatic rings. The van der Waals surface area contributed by atoms with Crippen LogP contribution in [0.2, 0.25) is 5.02 Å². The molecule has 0 aliphatic carbocycles. The first-order valence-electron chi connectivity index (χ1n) is 10.3. The summed E-state index contributed by atoms with van der Waals surface area (Å²) in [5, 5.41) is 6.51. The average Bonchev–Trinajstić information content (AvgIpc) is 3.31. The number of carbonyl (C=O) groups excluding carboxylic acids is 1. The number of ether oxygens (including phenoxy) is 2. The maximum Gasteiger partial charge on any atom is 0.409 e. The van der Waals surface area contributed by atoms with E-state index in [1.807, 2.05) is 18.2 Å². The van der Waals surface area contributed by atoms with Gasteiger partial charge in [-0.1, -0.05) is 11.6 Å². The molecule has 1 aromatic heterocycles. The Kier molecular flexibility index (Phi) is 6.55. The normalized spacial score (nSPS) is 13.0. The number of amides is 1. The first-order chi connectivity index (χ1) is 15.9. The molecule has 1 fully saturated rings. The molecule has 0 unspecified atom stereocenters. The molecule has 11 heteroatoms. The molecule has 172 valence electrons. The molecule has 6 N–H and O–H groups in total. The smallest absolute Gasteiger partial charge is 0.409 e. The molecule has 0 bridgehead atoms. The van der Waals surface area contributed by atoms with Crippen molar-refractivity contribution in [2.75, 3.05) is 41.5 Å². The number of primary amides is 1. The van der Waals surface area contributed by atoms with Crippen molar-refractivity contribution in [3.8, 4) is 11.5 Å². The lowest BCUT2D eigenvalue weighted by molar-refractivity contribution is 0.211. The van der Waals surface area contributed by atoms with E-state index in [4.69, 9.17) is 32.5 Å². The van der Waals surface area contributed by atoms with Crippen LogP contribution in [0.15, 0.2) is 42.6 Å². The molecule has 2 aromatic carbocycles. The van der Waals surface area contributed by atoms with E-state index in [1.54, 1.807) is 18.2 Å². The summed E-state index contributed by atoms with van der Waals surface area (Å²) < 4.78 is 10.3. The monoisotopic (exact) mass is 469 g/mol. The number of carbonyl (C=O) groups is 1. The molecule has 10 nitrogen and oxygen atoms in total. The van der Waals surface area contributed by atoms with Gasteiger partial charge in [0, 0.05) is 24.8 Å². The SMILES string of the molecule is COc1ccc(OC(N)=O)cc1Nc1nc(Nc2ccc(N3CCCC3)c(N)c2)ncc1Cl. The molecular weight excluding hydrogens is 446 g/mol. The molecule has 0 spiro atoms. The molecule has 0 radical (unpaired) electrons. The molecule has 0 saturated carbocycles. The number of halogens is 1. The predicted molar refractivity (Wildman–Crippen MR) is 129 cm³/mol. The first kappa shape index (κ1) is 22.3. The fourth-order valence-corrected chi connectivity index (χ4v) is 3.75. The third-order valence-electron chi connectivity index (χ3n) is 5.12. The summed E-state index contributed by atoms with van der Waals surface area (Å²) in [6.45, 7) is 2.03. The maximum absolute atomic E-state index is 11.1. The number of nitrogens with zero attached hydrogens (tertiary/aromatic N) is 3. The van der Waals surface area contributed by atoms with Gasteiger partial charge in [0.1, 0.15) is 16.5 Å². The summed E-state index contributed by atoms with van der Waals surface area (Å²) in [5.74, 6) is 1.37. The van der Waals surface area contributed by atoms with Gasteiger partial charge in [0.2, 0.25) is 5.95 Å². The first-order valence-corrected chi connectivity index (χ1v) is 10.7. The van der Waals surface area contributed by atoms with Crippen LogP contribution in [0.25, 0.3) is 0 Å². The Labute approximate surface area is 195 Å². The predicted octanol–water partition coefficient (Wildman–Crippen LogP) is 4.27. The van der Waals surface area contributed by atoms with Crippen LogP contribution in [0.1, 0.15) is 12.8 Å². The van der Waals surface area contributed by atoms with Crippen molar-refractivity contribution in [2.45, 2.75) is 12.8 Å². The minimum atomic E-state index is -0.923. The number of rotatable bonds is 7. The molecule has 33 heavy (non-hydrogen) atoms. The van der Waals surface area contributed by atoms with Gasteiger partial charge in [0.25, 0.3) is 0 Å².